The van der Waals surface area contributed by atoms with Crippen molar-refractivity contribution >= 4 is 11.6 Å². The first kappa shape index (κ1) is 15.1. The largest absolute Gasteiger partial charge is 0.330 e. The molecule has 1 heterocycles. The van der Waals surface area contributed by atoms with Gasteiger partial charge in [-0.2, -0.15) is 0 Å². The van der Waals surface area contributed by atoms with Crippen LogP contribution in [0.1, 0.15) is 32.1 Å². The van der Waals surface area contributed by atoms with Crippen molar-refractivity contribution in [3.63, 3.8) is 0 Å². The summed E-state index contributed by atoms with van der Waals surface area (Å²) in [6.07, 6.45) is 6.07. The highest BCUT2D eigenvalue weighted by Gasteiger charge is 2.04. The van der Waals surface area contributed by atoms with E-state index in [1.165, 1.54) is 6.33 Å². The summed E-state index contributed by atoms with van der Waals surface area (Å²) in [6, 6.07) is 7.41. The lowest BCUT2D eigenvalue weighted by molar-refractivity contribution is -0.116. The summed E-state index contributed by atoms with van der Waals surface area (Å²) in [5, 5.41) is 13.9. The maximum Gasteiger partial charge on any atom is 0.224 e. The Labute approximate surface area is 123 Å². The first-order valence-electron chi connectivity index (χ1n) is 7.13. The van der Waals surface area contributed by atoms with E-state index < -0.39 is 0 Å². The number of carbonyl (C=O) groups is 1. The highest BCUT2D eigenvalue weighted by Crippen LogP contribution is 2.14. The molecule has 3 N–H and O–H groups in total. The maximum absolute atomic E-state index is 11.9. The van der Waals surface area contributed by atoms with Gasteiger partial charge in [-0.3, -0.25) is 4.79 Å². The summed E-state index contributed by atoms with van der Waals surface area (Å²) < 4.78 is 1.54. The minimum Gasteiger partial charge on any atom is -0.330 e. The number of amides is 1. The second kappa shape index (κ2) is 8.11. The maximum atomic E-state index is 11.9. The molecule has 0 spiro atoms. The van der Waals surface area contributed by atoms with E-state index in [9.17, 15) is 4.79 Å². The van der Waals surface area contributed by atoms with Crippen LogP contribution in [0.15, 0.2) is 30.6 Å². The fourth-order valence-corrected chi connectivity index (χ4v) is 2.01. The smallest absolute Gasteiger partial charge is 0.224 e. The molecule has 1 aromatic carbocycles. The van der Waals surface area contributed by atoms with Gasteiger partial charge < -0.3 is 11.1 Å². The van der Waals surface area contributed by atoms with Crippen LogP contribution < -0.4 is 11.1 Å². The van der Waals surface area contributed by atoms with Gasteiger partial charge >= 0.3 is 0 Å². The van der Waals surface area contributed by atoms with Gasteiger partial charge in [0.25, 0.3) is 0 Å². The van der Waals surface area contributed by atoms with E-state index in [4.69, 9.17) is 5.73 Å². The van der Waals surface area contributed by atoms with Crippen molar-refractivity contribution in [1.29, 1.82) is 0 Å². The van der Waals surface area contributed by atoms with Crippen molar-refractivity contribution in [3.8, 4) is 5.69 Å². The van der Waals surface area contributed by atoms with Crippen LogP contribution in [0.25, 0.3) is 5.69 Å². The fourth-order valence-electron chi connectivity index (χ4n) is 2.01. The second-order valence-corrected chi connectivity index (χ2v) is 4.81. The standard InChI is InChI=1S/C14H20N6O/c15-9-4-2-1-3-8-14(21)17-12-6-5-7-13(10-12)20-11-16-18-19-20/h5-7,10-11H,1-4,8-9,15H2,(H,17,21). The molecule has 1 amide bonds. The van der Waals surface area contributed by atoms with Gasteiger partial charge in [-0.1, -0.05) is 18.9 Å². The third kappa shape index (κ3) is 4.96. The van der Waals surface area contributed by atoms with Gasteiger partial charge in [-0.25, -0.2) is 4.68 Å². The van der Waals surface area contributed by atoms with Crippen molar-refractivity contribution in [2.75, 3.05) is 11.9 Å². The number of rotatable bonds is 8. The summed E-state index contributed by atoms with van der Waals surface area (Å²) in [5.41, 5.74) is 6.98. The Morgan fingerprint density at radius 1 is 1.24 bits per heavy atom. The third-order valence-electron chi connectivity index (χ3n) is 3.10. The SMILES string of the molecule is NCCCCCCC(=O)Nc1cccc(-n2cnnn2)c1. The van der Waals surface area contributed by atoms with Gasteiger partial charge in [0, 0.05) is 12.1 Å². The van der Waals surface area contributed by atoms with Gasteiger partial charge in [-0.15, -0.1) is 5.10 Å². The summed E-state index contributed by atoms with van der Waals surface area (Å²) in [5.74, 6) is 0.0246. The van der Waals surface area contributed by atoms with Crippen LogP contribution in [0.5, 0.6) is 0 Å². The Morgan fingerprint density at radius 3 is 2.86 bits per heavy atom. The van der Waals surface area contributed by atoms with Crippen molar-refractivity contribution in [2.24, 2.45) is 5.73 Å². The topological polar surface area (TPSA) is 98.7 Å². The van der Waals surface area contributed by atoms with E-state index in [1.54, 1.807) is 4.68 Å². The van der Waals surface area contributed by atoms with Crippen molar-refractivity contribution < 1.29 is 4.79 Å². The Kier molecular flexibility index (Phi) is 5.83. The number of anilines is 1. The van der Waals surface area contributed by atoms with Gasteiger partial charge in [0.05, 0.1) is 5.69 Å². The van der Waals surface area contributed by atoms with Crippen LogP contribution in [0, 0.1) is 0 Å². The van der Waals surface area contributed by atoms with Crippen molar-refractivity contribution in [1.82, 2.24) is 20.2 Å². The van der Waals surface area contributed by atoms with Gasteiger partial charge in [0.2, 0.25) is 5.91 Å². The number of unbranched alkanes of at least 4 members (excludes halogenated alkanes) is 3. The Bertz CT molecular complexity index is 554. The molecule has 7 nitrogen and oxygen atoms in total. The highest BCUT2D eigenvalue weighted by atomic mass is 16.1. The summed E-state index contributed by atoms with van der Waals surface area (Å²) in [4.78, 5) is 11.9. The number of hydrogen-bond acceptors (Lipinski definition) is 5. The molecule has 0 atom stereocenters. The molecule has 0 bridgehead atoms. The lowest BCUT2D eigenvalue weighted by atomic mass is 10.1. The number of tetrazole rings is 1. The third-order valence-corrected chi connectivity index (χ3v) is 3.10. The average molecular weight is 288 g/mol. The zero-order valence-corrected chi connectivity index (χ0v) is 11.9. The monoisotopic (exact) mass is 288 g/mol. The minimum absolute atomic E-state index is 0.0246. The number of aromatic nitrogens is 4. The molecule has 21 heavy (non-hydrogen) atoms. The number of hydrogen-bond donors (Lipinski definition) is 2. The summed E-state index contributed by atoms with van der Waals surface area (Å²) in [7, 11) is 0. The number of nitrogens with zero attached hydrogens (tertiary/aromatic N) is 4. The summed E-state index contributed by atoms with van der Waals surface area (Å²) in [6.45, 7) is 0.718. The molecule has 0 aliphatic rings. The molecule has 112 valence electrons. The zero-order chi connectivity index (χ0) is 14.9. The normalized spacial score (nSPS) is 10.5. The fraction of sp³-hybridized carbons (Fsp3) is 0.429. The average Bonchev–Trinajstić information content (AvgIpc) is 3.01. The van der Waals surface area contributed by atoms with E-state index in [0.717, 1.165) is 43.6 Å². The first-order chi connectivity index (χ1) is 10.3. The lowest BCUT2D eigenvalue weighted by Gasteiger charge is -2.07. The molecule has 2 aromatic rings. The van der Waals surface area contributed by atoms with Crippen LogP contribution in [-0.2, 0) is 4.79 Å². The van der Waals surface area contributed by atoms with Crippen LogP contribution in [0.3, 0.4) is 0 Å². The Hall–Kier alpha value is -2.28. The lowest BCUT2D eigenvalue weighted by Crippen LogP contribution is -2.11. The Balaban J connectivity index is 1.82. The molecule has 0 radical (unpaired) electrons. The summed E-state index contributed by atoms with van der Waals surface area (Å²) >= 11 is 0. The highest BCUT2D eigenvalue weighted by molar-refractivity contribution is 5.90. The van der Waals surface area contributed by atoms with E-state index in [1.807, 2.05) is 24.3 Å². The molecule has 0 fully saturated rings. The van der Waals surface area contributed by atoms with E-state index >= 15 is 0 Å². The van der Waals surface area contributed by atoms with Crippen LogP contribution >= 0.6 is 0 Å². The number of nitrogens with two attached hydrogens (primary N) is 1. The molecular weight excluding hydrogens is 268 g/mol. The second-order valence-electron chi connectivity index (χ2n) is 4.81. The minimum atomic E-state index is 0.0246. The molecular formula is C14H20N6O. The van der Waals surface area contributed by atoms with E-state index in [0.29, 0.717) is 6.42 Å². The first-order valence-corrected chi connectivity index (χ1v) is 7.13. The molecule has 0 aliphatic heterocycles. The Morgan fingerprint density at radius 2 is 2.10 bits per heavy atom. The molecule has 0 saturated carbocycles. The molecule has 0 unspecified atom stereocenters. The van der Waals surface area contributed by atoms with Gasteiger partial charge in [0.1, 0.15) is 6.33 Å². The molecule has 7 heteroatoms. The van der Waals surface area contributed by atoms with Gasteiger partial charge in [0.15, 0.2) is 0 Å². The van der Waals surface area contributed by atoms with Crippen LogP contribution in [0.4, 0.5) is 5.69 Å². The van der Waals surface area contributed by atoms with Crippen LogP contribution in [-0.4, -0.2) is 32.7 Å². The predicted octanol–water partition coefficient (Wildman–Crippen LogP) is 1.51. The predicted molar refractivity (Wildman–Crippen MR) is 79.9 cm³/mol. The zero-order valence-electron chi connectivity index (χ0n) is 11.9. The van der Waals surface area contributed by atoms with Gasteiger partial charge in [-0.05, 0) is 48.0 Å². The molecule has 1 aromatic heterocycles. The van der Waals surface area contributed by atoms with Crippen LogP contribution in [0.2, 0.25) is 0 Å². The molecule has 0 aliphatic carbocycles. The van der Waals surface area contributed by atoms with Crippen molar-refractivity contribution in [2.45, 2.75) is 32.1 Å². The quantitative estimate of drug-likeness (QED) is 0.717. The van der Waals surface area contributed by atoms with E-state index in [2.05, 4.69) is 20.8 Å². The van der Waals surface area contributed by atoms with E-state index in [-0.39, 0.29) is 5.91 Å². The number of benzene rings is 1. The number of nitrogens with one attached hydrogen (secondary N) is 1. The number of carbonyl (C=O) groups excluding carboxylic acids is 1. The molecule has 0 saturated heterocycles. The van der Waals surface area contributed by atoms with Crippen molar-refractivity contribution in [3.05, 3.63) is 30.6 Å². The molecule has 2 rings (SSSR count).